The second kappa shape index (κ2) is 26.8. The number of fused-ring (bicyclic) bond motifs is 1. The average molecular weight is 1100 g/mol. The predicted octanol–water partition coefficient (Wildman–Crippen LogP) is 8.96. The number of nitrogens with one attached hydrogen (secondary N) is 3. The monoisotopic (exact) mass is 1100 g/mol. The summed E-state index contributed by atoms with van der Waals surface area (Å²) in [5, 5.41) is 16.3. The molecule has 0 radical (unpaired) electrons. The van der Waals surface area contributed by atoms with E-state index in [2.05, 4.69) is 137 Å². The minimum atomic E-state index is -0.0614. The zero-order valence-electron chi connectivity index (χ0n) is 50.0. The largest absolute Gasteiger partial charge is 1.00 e. The van der Waals surface area contributed by atoms with Crippen LogP contribution in [0, 0.1) is 29.6 Å². The number of rotatable bonds is 30. The fraction of sp³-hybridized carbons (Fsp3) is 0.621. The van der Waals surface area contributed by atoms with Crippen LogP contribution >= 0.6 is 11.3 Å². The molecule has 10 rings (SSSR count). The van der Waals surface area contributed by atoms with Crippen LogP contribution in [0.15, 0.2) is 84.8 Å². The van der Waals surface area contributed by atoms with Crippen LogP contribution in [0.25, 0.3) is 33.4 Å². The number of aromatic nitrogens is 3. The molecule has 13 heteroatoms. The number of thiazole rings is 1. The quantitative estimate of drug-likeness (QED) is 0.0133. The van der Waals surface area contributed by atoms with E-state index in [1.54, 1.807) is 11.3 Å². The number of piperazine rings is 1. The Morgan fingerprint density at radius 1 is 0.975 bits per heavy atom. The van der Waals surface area contributed by atoms with Crippen LogP contribution in [0.1, 0.15) is 141 Å². The third-order valence-electron chi connectivity index (χ3n) is 18.8. The molecule has 6 heterocycles. The maximum Gasteiger partial charge on any atom is 1.00 e. The summed E-state index contributed by atoms with van der Waals surface area (Å²) in [5.41, 5.74) is 20.4. The van der Waals surface area contributed by atoms with E-state index in [0.29, 0.717) is 36.5 Å². The Labute approximate surface area is 503 Å². The Morgan fingerprint density at radius 2 is 1.75 bits per heavy atom. The Bertz CT molecular complexity index is 2740. The molecule has 3 aliphatic heterocycles. The van der Waals surface area contributed by atoms with Gasteiger partial charge in [0.2, 0.25) is 0 Å². The number of aryl methyl sites for hydroxylation is 1. The number of nitrogens with two attached hydrogens (primary N) is 1. The number of unbranched alkanes of at least 4 members (excludes halogenated alkanes) is 1. The van der Waals surface area contributed by atoms with Crippen LogP contribution in [0.2, 0.25) is 0 Å². The van der Waals surface area contributed by atoms with Gasteiger partial charge in [0.25, 0.3) is 0 Å². The summed E-state index contributed by atoms with van der Waals surface area (Å²) in [6.45, 7) is 43.5. The Kier molecular flexibility index (Phi) is 20.3. The van der Waals surface area contributed by atoms with Crippen molar-refractivity contribution in [3.05, 3.63) is 108 Å². The van der Waals surface area contributed by atoms with E-state index >= 15 is 0 Å². The fourth-order valence-corrected chi connectivity index (χ4v) is 14.8. The molecule has 5 unspecified atom stereocenters. The number of nitrogens with zero attached hydrogens (tertiary/aromatic N) is 7. The third kappa shape index (κ3) is 14.4. The van der Waals surface area contributed by atoms with Crippen molar-refractivity contribution in [3.8, 4) is 22.5 Å². The zero-order valence-corrected chi connectivity index (χ0v) is 52.8. The first-order valence-corrected chi connectivity index (χ1v) is 31.7. The summed E-state index contributed by atoms with van der Waals surface area (Å²) in [6, 6.07) is 11.8. The van der Waals surface area contributed by atoms with Gasteiger partial charge in [0, 0.05) is 128 Å². The zero-order chi connectivity index (χ0) is 54.7. The molecule has 3 aliphatic carbocycles. The van der Waals surface area contributed by atoms with Crippen molar-refractivity contribution in [1.29, 1.82) is 0 Å². The van der Waals surface area contributed by atoms with Gasteiger partial charge in [0.15, 0.2) is 0 Å². The van der Waals surface area contributed by atoms with Crippen molar-refractivity contribution in [1.82, 2.24) is 45.2 Å². The summed E-state index contributed by atoms with van der Waals surface area (Å²) in [5.74, 6) is 2.10. The van der Waals surface area contributed by atoms with Gasteiger partial charge in [-0.05, 0) is 157 Å². The molecule has 79 heavy (non-hydrogen) atoms. The molecule has 4 aromatic rings. The number of likely N-dealkylation sites (tertiary alicyclic amines) is 1. The number of anilines is 1. The van der Waals surface area contributed by atoms with E-state index in [-0.39, 0.29) is 41.0 Å². The average Bonchev–Trinajstić information content (AvgIpc) is 4.50. The molecule has 424 valence electrons. The molecule has 3 saturated heterocycles. The number of allylic oxidation sites excluding steroid dienone is 1. The van der Waals surface area contributed by atoms with Crippen LogP contribution < -0.4 is 56.1 Å². The van der Waals surface area contributed by atoms with Crippen molar-refractivity contribution in [3.63, 3.8) is 0 Å². The molecule has 1 aromatic carbocycles. The SMILES string of the molecule is C=C(C)CCC(C)(C)Cc1c(-c2cc(N3CCN(C4CC4)CC3)cnc2[CH-]C)n(CC)c2ccc(-c3csc(CC(NC(=C)C(C4CCCC4)N4CCC(CN(CC)C(=C)C5NC5C5CC5)C4)C(=C)NCCCCN)n3)cc12.[Na+]. The Hall–Kier alpha value is -3.59. The van der Waals surface area contributed by atoms with Gasteiger partial charge in [0.1, 0.15) is 0 Å². The summed E-state index contributed by atoms with van der Waals surface area (Å²) in [7, 11) is 0. The molecule has 3 aromatic heterocycles. The summed E-state index contributed by atoms with van der Waals surface area (Å²) in [4.78, 5) is 21.3. The molecule has 3 saturated carbocycles. The minimum absolute atomic E-state index is 0. The predicted molar refractivity (Wildman–Crippen MR) is 330 cm³/mol. The van der Waals surface area contributed by atoms with E-state index < -0.39 is 0 Å². The molecular formula is C66H98N11NaS. The van der Waals surface area contributed by atoms with Crippen LogP contribution in [-0.2, 0) is 19.4 Å². The number of benzene rings is 1. The van der Waals surface area contributed by atoms with Gasteiger partial charge < -0.3 is 36.1 Å². The molecule has 5 atom stereocenters. The molecule has 0 bridgehead atoms. The number of pyridine rings is 1. The molecule has 0 spiro atoms. The third-order valence-corrected chi connectivity index (χ3v) is 19.7. The molecule has 0 amide bonds. The van der Waals surface area contributed by atoms with Gasteiger partial charge in [-0.1, -0.05) is 63.8 Å². The van der Waals surface area contributed by atoms with Crippen LogP contribution in [-0.4, -0.2) is 125 Å². The summed E-state index contributed by atoms with van der Waals surface area (Å²) >= 11 is 1.77. The van der Waals surface area contributed by atoms with E-state index in [0.717, 1.165) is 149 Å². The number of likely N-dealkylation sites (N-methyl/N-ethyl adjacent to an activating group) is 1. The van der Waals surface area contributed by atoms with Crippen LogP contribution in [0.5, 0.6) is 0 Å². The smallest absolute Gasteiger partial charge is 0.387 e. The van der Waals surface area contributed by atoms with Gasteiger partial charge >= 0.3 is 29.6 Å². The van der Waals surface area contributed by atoms with Crippen molar-refractivity contribution in [2.45, 2.75) is 175 Å². The minimum Gasteiger partial charge on any atom is -0.387 e. The van der Waals surface area contributed by atoms with E-state index in [1.807, 2.05) is 0 Å². The topological polar surface area (TPSA) is 116 Å². The molecule has 6 fully saturated rings. The van der Waals surface area contributed by atoms with Gasteiger partial charge in [-0.2, -0.15) is 0 Å². The fourth-order valence-electron chi connectivity index (χ4n) is 13.9. The maximum absolute atomic E-state index is 5.95. The maximum atomic E-state index is 5.95. The normalized spacial score (nSPS) is 21.7. The molecular weight excluding hydrogens is 1000 g/mol. The molecule has 5 N–H and O–H groups in total. The van der Waals surface area contributed by atoms with Gasteiger partial charge in [-0.3, -0.25) is 14.8 Å². The summed E-state index contributed by atoms with van der Waals surface area (Å²) < 4.78 is 2.57. The van der Waals surface area contributed by atoms with E-state index in [1.165, 1.54) is 102 Å². The van der Waals surface area contributed by atoms with Crippen molar-refractivity contribution in [2.75, 3.05) is 70.3 Å². The van der Waals surface area contributed by atoms with Crippen molar-refractivity contribution < 1.29 is 29.6 Å². The second-order valence-corrected chi connectivity index (χ2v) is 26.4. The van der Waals surface area contributed by atoms with Gasteiger partial charge in [-0.15, -0.1) is 36.5 Å². The van der Waals surface area contributed by atoms with E-state index in [9.17, 15) is 0 Å². The summed E-state index contributed by atoms with van der Waals surface area (Å²) in [6.07, 6.45) is 21.9. The van der Waals surface area contributed by atoms with E-state index in [4.69, 9.17) is 28.9 Å². The second-order valence-electron chi connectivity index (χ2n) is 25.4. The first-order chi connectivity index (χ1) is 37.8. The molecule has 6 aliphatic rings. The Morgan fingerprint density at radius 3 is 2.43 bits per heavy atom. The van der Waals surface area contributed by atoms with Crippen molar-refractivity contribution in [2.24, 2.45) is 28.9 Å². The van der Waals surface area contributed by atoms with Gasteiger partial charge in [0.05, 0.1) is 28.8 Å². The first-order valence-electron chi connectivity index (χ1n) is 30.8. The number of hydrogen-bond acceptors (Lipinski definition) is 11. The van der Waals surface area contributed by atoms with Crippen LogP contribution in [0.3, 0.4) is 0 Å². The van der Waals surface area contributed by atoms with Gasteiger partial charge in [-0.25, -0.2) is 11.4 Å². The first kappa shape index (κ1) is 60.0. The Balaban J connectivity index is 0.00000757. The standard InChI is InChI=1S/C66H98N11S.Na/c1-11-57-55(37-53(40-69-57)75-34-32-74(33-35-75)52-23-24-52)65-56(39-66(9,10)28-26-44(4)5)54-36-51(22-25-60(54)77(65)13-3)59-43-78-61(71-59)38-58(45(6)68-30-17-16-29-67)70-46(7)64(50-18-14-15-19-50)76-31-27-48(42-76)41-73(12-2)47(8)62-63(72-62)49-20-21-49;/h11,22,25,36-37,40,43,48-50,52,58,62-64,68,70,72H,4,6-8,12-21,23-24,26-35,38-39,41-42,67H2,1-3,5,9-10H3;/q-1;+1. The van der Waals surface area contributed by atoms with Crippen LogP contribution in [0.4, 0.5) is 5.69 Å². The molecule has 11 nitrogen and oxygen atoms in total. The van der Waals surface area contributed by atoms with Crippen molar-refractivity contribution >= 4 is 27.9 Å². The number of hydrogen-bond donors (Lipinski definition) is 4.